The number of anilines is 1. The Bertz CT molecular complexity index is 939. The van der Waals surface area contributed by atoms with E-state index in [1.807, 2.05) is 54.6 Å². The minimum atomic E-state index is -0.707. The molecule has 30 heavy (non-hydrogen) atoms. The minimum Gasteiger partial charge on any atom is -0.496 e. The van der Waals surface area contributed by atoms with E-state index in [-0.39, 0.29) is 4.75 Å². The van der Waals surface area contributed by atoms with Gasteiger partial charge in [0.15, 0.2) is 0 Å². The normalized spacial score (nSPS) is 11.4. The van der Waals surface area contributed by atoms with Crippen molar-refractivity contribution in [2.75, 3.05) is 12.8 Å². The van der Waals surface area contributed by atoms with Crippen LogP contribution < -0.4 is 10.5 Å². The molecule has 0 aliphatic heterocycles. The van der Waals surface area contributed by atoms with Crippen molar-refractivity contribution >= 4 is 29.1 Å². The fourth-order valence-corrected chi connectivity index (χ4v) is 4.20. The first kappa shape index (κ1) is 24.1. The molecule has 3 rings (SSSR count). The van der Waals surface area contributed by atoms with Crippen molar-refractivity contribution in [3.8, 4) is 5.75 Å². The van der Waals surface area contributed by atoms with Crippen LogP contribution in [0.5, 0.6) is 5.75 Å². The maximum atomic E-state index is 9.49. The zero-order valence-corrected chi connectivity index (χ0v) is 19.7. The van der Waals surface area contributed by atoms with Crippen LogP contribution in [-0.2, 0) is 10.3 Å². The van der Waals surface area contributed by atoms with E-state index in [4.69, 9.17) is 22.1 Å². The second-order valence-corrected chi connectivity index (χ2v) is 10.00. The molecule has 0 amide bonds. The largest absolute Gasteiger partial charge is 0.496 e. The average molecular weight is 444 g/mol. The van der Waals surface area contributed by atoms with Gasteiger partial charge in [-0.05, 0) is 44.9 Å². The maximum absolute atomic E-state index is 9.49. The van der Waals surface area contributed by atoms with Crippen molar-refractivity contribution in [1.82, 2.24) is 0 Å². The van der Waals surface area contributed by atoms with Gasteiger partial charge in [-0.1, -0.05) is 72.3 Å². The third-order valence-electron chi connectivity index (χ3n) is 4.60. The zero-order valence-electron chi connectivity index (χ0n) is 18.1. The lowest BCUT2D eigenvalue weighted by Crippen LogP contribution is -2.14. The molecule has 160 valence electrons. The minimum absolute atomic E-state index is 0.0885. The van der Waals surface area contributed by atoms with Crippen LogP contribution in [0.25, 0.3) is 0 Å². The first-order valence-corrected chi connectivity index (χ1v) is 10.9. The summed E-state index contributed by atoms with van der Waals surface area (Å²) < 4.78 is 5.31. The average Bonchev–Trinajstić information content (AvgIpc) is 2.71. The first-order valence-electron chi connectivity index (χ1n) is 9.70. The molecule has 3 nitrogen and oxygen atoms in total. The molecule has 0 bridgehead atoms. The van der Waals surface area contributed by atoms with Gasteiger partial charge in [0.1, 0.15) is 5.75 Å². The van der Waals surface area contributed by atoms with Crippen LogP contribution in [0.2, 0.25) is 5.02 Å². The third kappa shape index (κ3) is 6.69. The lowest BCUT2D eigenvalue weighted by Gasteiger charge is -2.26. The SMILES string of the molecule is CC(C)(O)c1ccccc1.COc1cc(Cl)c(N)cc1SC(C)(C)c1ccccc1. The predicted octanol–water partition coefficient (Wildman–Crippen LogP) is 6.87. The number of hydrogen-bond donors (Lipinski definition) is 2. The molecule has 0 saturated heterocycles. The summed E-state index contributed by atoms with van der Waals surface area (Å²) in [5.41, 5.74) is 7.97. The lowest BCUT2D eigenvalue weighted by atomic mass is 9.99. The molecule has 0 radical (unpaired) electrons. The quantitative estimate of drug-likeness (QED) is 0.333. The molecule has 5 heteroatoms. The fourth-order valence-electron chi connectivity index (χ4n) is 2.81. The molecule has 0 unspecified atom stereocenters. The Morgan fingerprint density at radius 3 is 1.80 bits per heavy atom. The second kappa shape index (κ2) is 10.3. The summed E-state index contributed by atoms with van der Waals surface area (Å²) in [5.74, 6) is 0.748. The molecule has 0 atom stereocenters. The lowest BCUT2D eigenvalue weighted by molar-refractivity contribution is 0.0786. The van der Waals surface area contributed by atoms with E-state index in [0.717, 1.165) is 16.2 Å². The smallest absolute Gasteiger partial charge is 0.134 e. The summed E-state index contributed by atoms with van der Waals surface area (Å²) in [6.45, 7) is 7.92. The number of thioether (sulfide) groups is 1. The van der Waals surface area contributed by atoms with E-state index in [2.05, 4.69) is 26.0 Å². The van der Waals surface area contributed by atoms with E-state index >= 15 is 0 Å². The molecule has 0 aliphatic rings. The van der Waals surface area contributed by atoms with Gasteiger partial charge in [0, 0.05) is 10.8 Å². The summed E-state index contributed by atoms with van der Waals surface area (Å²) in [4.78, 5) is 0.989. The predicted molar refractivity (Wildman–Crippen MR) is 129 cm³/mol. The van der Waals surface area contributed by atoms with E-state index in [9.17, 15) is 5.11 Å². The summed E-state index contributed by atoms with van der Waals surface area (Å²) in [6, 6.07) is 23.6. The van der Waals surface area contributed by atoms with Crippen molar-refractivity contribution in [1.29, 1.82) is 0 Å². The van der Waals surface area contributed by atoms with Gasteiger partial charge in [-0.15, -0.1) is 11.8 Å². The molecule has 0 saturated carbocycles. The summed E-state index contributed by atoms with van der Waals surface area (Å²) in [7, 11) is 1.64. The van der Waals surface area contributed by atoms with Crippen LogP contribution in [0.4, 0.5) is 5.69 Å². The van der Waals surface area contributed by atoms with Gasteiger partial charge in [-0.25, -0.2) is 0 Å². The zero-order chi connectivity index (χ0) is 22.4. The molecule has 0 aromatic heterocycles. The van der Waals surface area contributed by atoms with E-state index in [0.29, 0.717) is 10.7 Å². The monoisotopic (exact) mass is 443 g/mol. The topological polar surface area (TPSA) is 55.5 Å². The third-order valence-corrected chi connectivity index (χ3v) is 6.21. The van der Waals surface area contributed by atoms with Crippen molar-refractivity contribution < 1.29 is 9.84 Å². The first-order chi connectivity index (χ1) is 14.0. The van der Waals surface area contributed by atoms with Gasteiger partial charge >= 0.3 is 0 Å². The van der Waals surface area contributed by atoms with Crippen LogP contribution in [0.15, 0.2) is 77.7 Å². The number of nitrogen functional groups attached to an aromatic ring is 1. The van der Waals surface area contributed by atoms with E-state index < -0.39 is 5.60 Å². The summed E-state index contributed by atoms with van der Waals surface area (Å²) >= 11 is 7.75. The van der Waals surface area contributed by atoms with Gasteiger partial charge in [-0.3, -0.25) is 0 Å². The molecular weight excluding hydrogens is 414 g/mol. The molecule has 0 aliphatic carbocycles. The Kier molecular flexibility index (Phi) is 8.25. The molecule has 0 spiro atoms. The maximum Gasteiger partial charge on any atom is 0.134 e. The van der Waals surface area contributed by atoms with Crippen LogP contribution in [0.1, 0.15) is 38.8 Å². The molecule has 0 heterocycles. The van der Waals surface area contributed by atoms with Crippen LogP contribution in [0, 0.1) is 0 Å². The Morgan fingerprint density at radius 2 is 1.37 bits per heavy atom. The number of benzene rings is 3. The molecule has 3 aromatic carbocycles. The number of aliphatic hydroxyl groups is 1. The van der Waals surface area contributed by atoms with Gasteiger partial charge in [0.2, 0.25) is 0 Å². The van der Waals surface area contributed by atoms with Crippen LogP contribution in [-0.4, -0.2) is 12.2 Å². The standard InChI is InChI=1S/C16H18ClNOS.C9H12O/c1-16(2,11-7-5-4-6-8-11)20-15-10-13(18)12(17)9-14(15)19-3;1-9(2,10)8-6-4-3-5-7-8/h4-10H,18H2,1-3H3;3-7,10H,1-2H3. The number of nitrogens with two attached hydrogens (primary N) is 1. The summed E-state index contributed by atoms with van der Waals surface area (Å²) in [6.07, 6.45) is 0. The highest BCUT2D eigenvalue weighted by atomic mass is 35.5. The van der Waals surface area contributed by atoms with E-state index in [1.54, 1.807) is 38.8 Å². The summed E-state index contributed by atoms with van der Waals surface area (Å²) in [5, 5.41) is 10.0. The number of hydrogen-bond acceptors (Lipinski definition) is 4. The Hall–Kier alpha value is -2.14. The highest BCUT2D eigenvalue weighted by molar-refractivity contribution is 8.00. The molecule has 3 aromatic rings. The van der Waals surface area contributed by atoms with Crippen molar-refractivity contribution in [3.05, 3.63) is 88.9 Å². The Morgan fingerprint density at radius 1 is 0.867 bits per heavy atom. The van der Waals surface area contributed by atoms with Crippen LogP contribution >= 0.6 is 23.4 Å². The van der Waals surface area contributed by atoms with Gasteiger partial charge in [0.25, 0.3) is 0 Å². The van der Waals surface area contributed by atoms with Crippen molar-refractivity contribution in [2.24, 2.45) is 0 Å². The highest BCUT2D eigenvalue weighted by Crippen LogP contribution is 2.46. The fraction of sp³-hybridized carbons (Fsp3) is 0.280. The Labute approximate surface area is 189 Å². The molecule has 3 N–H and O–H groups in total. The number of halogens is 1. The molecule has 0 fully saturated rings. The van der Waals surface area contributed by atoms with E-state index in [1.165, 1.54) is 5.56 Å². The van der Waals surface area contributed by atoms with Gasteiger partial charge in [0.05, 0.1) is 28.3 Å². The van der Waals surface area contributed by atoms with Crippen LogP contribution in [0.3, 0.4) is 0 Å². The number of rotatable bonds is 5. The second-order valence-electron chi connectivity index (χ2n) is 7.93. The van der Waals surface area contributed by atoms with Gasteiger partial charge in [-0.2, -0.15) is 0 Å². The van der Waals surface area contributed by atoms with Crippen molar-refractivity contribution in [3.63, 3.8) is 0 Å². The van der Waals surface area contributed by atoms with Crippen molar-refractivity contribution in [2.45, 2.75) is 42.9 Å². The van der Waals surface area contributed by atoms with Gasteiger partial charge < -0.3 is 15.6 Å². The highest BCUT2D eigenvalue weighted by Gasteiger charge is 2.24. The number of ether oxygens (including phenoxy) is 1. The number of methoxy groups -OCH3 is 1. The Balaban J connectivity index is 0.000000269. The molecular formula is C25H30ClNO2S.